The topological polar surface area (TPSA) is 124 Å². The lowest BCUT2D eigenvalue weighted by Crippen LogP contribution is -2.36. The van der Waals surface area contributed by atoms with E-state index in [2.05, 4.69) is 40.0 Å². The molecule has 41 heavy (non-hydrogen) atoms. The molecule has 0 unspecified atom stereocenters. The van der Waals surface area contributed by atoms with Crippen molar-refractivity contribution in [2.45, 2.75) is 38.6 Å². The molecule has 226 valence electrons. The Hall–Kier alpha value is -3.28. The highest BCUT2D eigenvalue weighted by Crippen LogP contribution is 2.42. The molecule has 0 aliphatic carbocycles. The van der Waals surface area contributed by atoms with Gasteiger partial charge in [-0.1, -0.05) is 19.6 Å². The number of halogens is 5. The molecule has 0 fully saturated rings. The summed E-state index contributed by atoms with van der Waals surface area (Å²) >= 11 is 0. The van der Waals surface area contributed by atoms with Crippen LogP contribution in [0.4, 0.5) is 32.4 Å². The third-order valence-corrected chi connectivity index (χ3v) is 7.93. The van der Waals surface area contributed by atoms with E-state index >= 15 is 0 Å². The number of urea groups is 1. The number of benzene rings is 1. The third-order valence-electron chi connectivity index (χ3n) is 5.49. The zero-order valence-corrected chi connectivity index (χ0v) is 24.5. The van der Waals surface area contributed by atoms with Crippen molar-refractivity contribution in [1.82, 2.24) is 19.6 Å². The minimum absolute atomic E-state index is 0.117. The first-order valence-electron chi connectivity index (χ1n) is 12.2. The van der Waals surface area contributed by atoms with Crippen molar-refractivity contribution < 1.29 is 44.6 Å². The summed E-state index contributed by atoms with van der Waals surface area (Å²) in [4.78, 5) is 16.0. The van der Waals surface area contributed by atoms with Crippen LogP contribution in [0, 0.1) is 11.6 Å². The molecule has 0 aliphatic heterocycles. The number of pyridine rings is 1. The number of fused-ring (bicyclic) bond motifs is 1. The van der Waals surface area contributed by atoms with Crippen LogP contribution < -0.4 is 20.1 Å². The fraction of sp³-hybridized carbons (Fsp3) is 0.417. The van der Waals surface area contributed by atoms with Gasteiger partial charge >= 0.3 is 12.2 Å². The second kappa shape index (κ2) is 12.7. The summed E-state index contributed by atoms with van der Waals surface area (Å²) in [7, 11) is -4.90. The molecular weight excluding hydrogens is 593 g/mol. The van der Waals surface area contributed by atoms with Gasteiger partial charge in [-0.3, -0.25) is 0 Å². The van der Waals surface area contributed by atoms with Crippen molar-refractivity contribution in [3.8, 4) is 11.5 Å². The number of anilines is 1. The maximum atomic E-state index is 14.9. The Morgan fingerprint density at radius 2 is 1.78 bits per heavy atom. The number of amides is 2. The number of ether oxygens (including phenoxy) is 2. The fourth-order valence-electron chi connectivity index (χ4n) is 3.55. The zero-order valence-electron chi connectivity index (χ0n) is 22.7. The molecule has 17 heteroatoms. The summed E-state index contributed by atoms with van der Waals surface area (Å²) in [5.41, 5.74) is -1.59. The highest BCUT2D eigenvalue weighted by Gasteiger charge is 2.37. The smallest absolute Gasteiger partial charge is 0.418 e. The monoisotopic (exact) mass is 623 g/mol. The lowest BCUT2D eigenvalue weighted by Gasteiger charge is -2.15. The molecule has 0 spiro atoms. The van der Waals surface area contributed by atoms with Crippen LogP contribution in [0.1, 0.15) is 5.56 Å². The molecule has 0 saturated carbocycles. The molecule has 0 atom stereocenters. The Morgan fingerprint density at radius 3 is 2.37 bits per heavy atom. The molecule has 3 aromatic rings. The van der Waals surface area contributed by atoms with E-state index in [1.165, 1.54) is 0 Å². The Balaban J connectivity index is 1.82. The van der Waals surface area contributed by atoms with Crippen molar-refractivity contribution in [3.63, 3.8) is 0 Å². The van der Waals surface area contributed by atoms with Gasteiger partial charge in [0.2, 0.25) is 10.0 Å². The first-order valence-corrected chi connectivity index (χ1v) is 17.8. The molecule has 10 nitrogen and oxygen atoms in total. The summed E-state index contributed by atoms with van der Waals surface area (Å²) in [6.45, 7) is 6.29. The average molecular weight is 624 g/mol. The molecule has 0 radical (unpaired) electrons. The summed E-state index contributed by atoms with van der Waals surface area (Å²) in [6.07, 6.45) is -1.95. The Bertz CT molecular complexity index is 1490. The number of aromatic nitrogens is 2. The van der Waals surface area contributed by atoms with Crippen molar-refractivity contribution in [2.24, 2.45) is 0 Å². The van der Waals surface area contributed by atoms with Crippen LogP contribution in [0.5, 0.6) is 11.5 Å². The van der Waals surface area contributed by atoms with E-state index in [0.29, 0.717) is 18.7 Å². The molecule has 2 heterocycles. The number of nitrogens with one attached hydrogen (secondary N) is 3. The quantitative estimate of drug-likeness (QED) is 0.146. The summed E-state index contributed by atoms with van der Waals surface area (Å²) < 4.78 is 108. The van der Waals surface area contributed by atoms with Crippen molar-refractivity contribution in [2.75, 3.05) is 31.3 Å². The number of nitrogens with zero attached hydrogens (tertiary/aromatic N) is 2. The van der Waals surface area contributed by atoms with E-state index in [1.807, 2.05) is 0 Å². The number of hydrogen-bond donors (Lipinski definition) is 3. The van der Waals surface area contributed by atoms with Crippen LogP contribution in [-0.2, 0) is 27.7 Å². The van der Waals surface area contributed by atoms with E-state index in [-0.39, 0.29) is 31.2 Å². The Kier molecular flexibility index (Phi) is 9.99. The molecule has 0 aliphatic rings. The molecule has 1 aromatic carbocycles. The standard InChI is InChI=1S/C24H30F5N5O5SSi/c1-40(36,37)32-8-7-31-23(35)33-15-11-17(25)21(18(26)12-15)39-19-5-6-30-22-20(19)16(24(27,28)29)13-34(22)14-38-9-10-41(2,3)4/h5-6,11-13,32H,7-10,14H2,1-4H3,(H2,31,33,35). The number of carbonyl (C=O) groups is 1. The Morgan fingerprint density at radius 1 is 1.12 bits per heavy atom. The van der Waals surface area contributed by atoms with E-state index in [0.717, 1.165) is 35.3 Å². The van der Waals surface area contributed by atoms with Crippen LogP contribution in [0.2, 0.25) is 25.7 Å². The molecule has 2 amide bonds. The second-order valence-electron chi connectivity index (χ2n) is 10.3. The van der Waals surface area contributed by atoms with Gasteiger partial charge in [-0.2, -0.15) is 13.2 Å². The largest absolute Gasteiger partial charge is 0.450 e. The third kappa shape index (κ3) is 9.37. The first-order chi connectivity index (χ1) is 18.9. The zero-order chi connectivity index (χ0) is 30.6. The summed E-state index contributed by atoms with van der Waals surface area (Å²) in [6, 6.07) is 2.40. The first kappa shape index (κ1) is 32.2. The van der Waals surface area contributed by atoms with E-state index < -0.39 is 64.4 Å². The molecule has 3 N–H and O–H groups in total. The summed E-state index contributed by atoms with van der Waals surface area (Å²) in [5, 5.41) is 3.96. The van der Waals surface area contributed by atoms with Gasteiger partial charge in [0.15, 0.2) is 17.4 Å². The number of hydrogen-bond acceptors (Lipinski definition) is 6. The van der Waals surface area contributed by atoms with Gasteiger partial charge < -0.3 is 24.7 Å². The van der Waals surface area contributed by atoms with Gasteiger partial charge in [0.05, 0.1) is 17.2 Å². The van der Waals surface area contributed by atoms with E-state index in [1.54, 1.807) is 0 Å². The number of carbonyl (C=O) groups excluding carboxylic acids is 1. The maximum Gasteiger partial charge on any atom is 0.418 e. The fourth-order valence-corrected chi connectivity index (χ4v) is 4.78. The molecular formula is C24H30F5N5O5SSi. The van der Waals surface area contributed by atoms with Crippen LogP contribution in [0.15, 0.2) is 30.6 Å². The van der Waals surface area contributed by atoms with Crippen molar-refractivity contribution in [3.05, 3.63) is 47.8 Å². The van der Waals surface area contributed by atoms with Gasteiger partial charge in [-0.25, -0.2) is 31.7 Å². The number of alkyl halides is 3. The van der Waals surface area contributed by atoms with Crippen molar-refractivity contribution in [1.29, 1.82) is 0 Å². The van der Waals surface area contributed by atoms with Crippen LogP contribution in [0.3, 0.4) is 0 Å². The number of sulfonamides is 1. The van der Waals surface area contributed by atoms with Gasteiger partial charge in [-0.05, 0) is 12.1 Å². The molecule has 2 aromatic heterocycles. The number of rotatable bonds is 12. The second-order valence-corrected chi connectivity index (χ2v) is 17.7. The van der Waals surface area contributed by atoms with Gasteiger partial charge in [0.25, 0.3) is 0 Å². The van der Waals surface area contributed by atoms with Crippen LogP contribution in [0.25, 0.3) is 11.0 Å². The molecule has 3 rings (SSSR count). The van der Waals surface area contributed by atoms with Gasteiger partial charge in [-0.15, -0.1) is 0 Å². The lowest BCUT2D eigenvalue weighted by molar-refractivity contribution is -0.136. The normalized spacial score (nSPS) is 12.5. The predicted octanol–water partition coefficient (Wildman–Crippen LogP) is 5.11. The lowest BCUT2D eigenvalue weighted by atomic mass is 10.2. The van der Waals surface area contributed by atoms with Crippen molar-refractivity contribution >= 4 is 40.8 Å². The SMILES string of the molecule is C[Si](C)(C)CCOCn1cc(C(F)(F)F)c2c(Oc3c(F)cc(NC(=O)NCCNS(C)(=O)=O)cc3F)ccnc21. The summed E-state index contributed by atoms with van der Waals surface area (Å²) in [5.74, 6) is -4.08. The molecule has 0 saturated heterocycles. The molecule has 0 bridgehead atoms. The minimum Gasteiger partial charge on any atom is -0.450 e. The average Bonchev–Trinajstić information content (AvgIpc) is 3.21. The minimum atomic E-state index is -4.84. The van der Waals surface area contributed by atoms with E-state index in [4.69, 9.17) is 9.47 Å². The van der Waals surface area contributed by atoms with Crippen LogP contribution in [-0.4, -0.2) is 58.0 Å². The van der Waals surface area contributed by atoms with Gasteiger partial charge in [0.1, 0.15) is 18.1 Å². The highest BCUT2D eigenvalue weighted by molar-refractivity contribution is 7.88. The predicted molar refractivity (Wildman–Crippen MR) is 145 cm³/mol. The Labute approximate surface area is 234 Å². The van der Waals surface area contributed by atoms with E-state index in [9.17, 15) is 35.2 Å². The highest BCUT2D eigenvalue weighted by atomic mass is 32.2. The maximum absolute atomic E-state index is 14.9. The van der Waals surface area contributed by atoms with Crippen LogP contribution >= 0.6 is 0 Å². The van der Waals surface area contributed by atoms with Gasteiger partial charge in [0, 0.05) is 58.0 Å².